The predicted octanol–water partition coefficient (Wildman–Crippen LogP) is 7.27. The van der Waals surface area contributed by atoms with Gasteiger partial charge in [-0.25, -0.2) is 0 Å². The molecule has 1 N–H and O–H groups in total. The second kappa shape index (κ2) is 10.9. The summed E-state index contributed by atoms with van der Waals surface area (Å²) < 4.78 is 41.9. The van der Waals surface area contributed by atoms with Gasteiger partial charge >= 0.3 is 6.36 Å². The number of hydrogen-bond acceptors (Lipinski definition) is 4. The van der Waals surface area contributed by atoms with Crippen molar-refractivity contribution in [2.24, 2.45) is 0 Å². The highest BCUT2D eigenvalue weighted by molar-refractivity contribution is 7.98. The maximum atomic E-state index is 12.6. The summed E-state index contributed by atoms with van der Waals surface area (Å²) in [6, 6.07) is 22.7. The fourth-order valence-electron chi connectivity index (χ4n) is 3.74. The average Bonchev–Trinajstić information content (AvgIpc) is 2.87. The number of amides is 1. The van der Waals surface area contributed by atoms with E-state index in [2.05, 4.69) is 15.0 Å². The highest BCUT2D eigenvalue weighted by Crippen LogP contribution is 2.30. The lowest BCUT2D eigenvalue weighted by molar-refractivity contribution is -0.274. The maximum Gasteiger partial charge on any atom is 0.573 e. The Kier molecular flexibility index (Phi) is 7.64. The first-order chi connectivity index (χ1) is 17.2. The lowest BCUT2D eigenvalue weighted by Crippen LogP contribution is -2.23. The van der Waals surface area contributed by atoms with Gasteiger partial charge < -0.3 is 10.1 Å². The molecular weight excluding hydrogens is 485 g/mol. The van der Waals surface area contributed by atoms with E-state index in [4.69, 9.17) is 0 Å². The van der Waals surface area contributed by atoms with Crippen molar-refractivity contribution in [3.05, 3.63) is 102 Å². The summed E-state index contributed by atoms with van der Waals surface area (Å²) in [4.78, 5) is 18.1. The Labute approximate surface area is 211 Å². The van der Waals surface area contributed by atoms with Gasteiger partial charge in [0.1, 0.15) is 5.75 Å². The van der Waals surface area contributed by atoms with Crippen molar-refractivity contribution >= 4 is 17.7 Å². The molecule has 4 aromatic rings. The number of aryl methyl sites for hydroxylation is 1. The van der Waals surface area contributed by atoms with Gasteiger partial charge in [-0.1, -0.05) is 36.4 Å². The van der Waals surface area contributed by atoms with Gasteiger partial charge in [-0.05, 0) is 83.5 Å². The third kappa shape index (κ3) is 6.46. The molecule has 0 spiro atoms. The van der Waals surface area contributed by atoms with Crippen LogP contribution in [0.3, 0.4) is 0 Å². The first-order valence-corrected chi connectivity index (χ1v) is 12.3. The number of ether oxygens (including phenoxy) is 1. The van der Waals surface area contributed by atoms with Crippen molar-refractivity contribution in [3.8, 4) is 28.0 Å². The normalized spacial score (nSPS) is 11.2. The Morgan fingerprint density at radius 1 is 0.917 bits per heavy atom. The largest absolute Gasteiger partial charge is 0.573 e. The molecule has 0 bridgehead atoms. The smallest absolute Gasteiger partial charge is 0.406 e. The van der Waals surface area contributed by atoms with Crippen LogP contribution in [0.1, 0.15) is 21.6 Å². The Hall–Kier alpha value is -3.78. The van der Waals surface area contributed by atoms with E-state index < -0.39 is 6.36 Å². The van der Waals surface area contributed by atoms with Crippen molar-refractivity contribution < 1.29 is 22.7 Å². The van der Waals surface area contributed by atoms with Crippen molar-refractivity contribution in [1.29, 1.82) is 0 Å². The van der Waals surface area contributed by atoms with Gasteiger partial charge in [0.2, 0.25) is 0 Å². The number of alkyl halides is 3. The molecule has 0 saturated heterocycles. The van der Waals surface area contributed by atoms with Crippen molar-refractivity contribution in [1.82, 2.24) is 10.3 Å². The standard InChI is InChI=1S/C28H23F3N2O2S/c1-18-9-10-23(16-26(18)36-2)27(34)33-17-24-14-22(11-12-32-24)20-6-3-5-19(13-20)21-7-4-8-25(15-21)35-28(29,30)31/h3-16H,17H2,1-2H3,(H,33,34). The van der Waals surface area contributed by atoms with Crippen LogP contribution in [0, 0.1) is 6.92 Å². The second-order valence-electron chi connectivity index (χ2n) is 8.06. The van der Waals surface area contributed by atoms with E-state index in [-0.39, 0.29) is 18.2 Å². The second-order valence-corrected chi connectivity index (χ2v) is 8.91. The van der Waals surface area contributed by atoms with Crippen molar-refractivity contribution in [2.45, 2.75) is 24.7 Å². The highest BCUT2D eigenvalue weighted by Gasteiger charge is 2.31. The minimum Gasteiger partial charge on any atom is -0.406 e. The Morgan fingerprint density at radius 3 is 2.28 bits per heavy atom. The average molecular weight is 509 g/mol. The van der Waals surface area contributed by atoms with E-state index in [1.54, 1.807) is 30.1 Å². The number of hydrogen-bond donors (Lipinski definition) is 1. The highest BCUT2D eigenvalue weighted by atomic mass is 32.2. The summed E-state index contributed by atoms with van der Waals surface area (Å²) in [5, 5.41) is 2.91. The summed E-state index contributed by atoms with van der Waals surface area (Å²) in [6.07, 6.45) is -1.11. The van der Waals surface area contributed by atoms with Crippen molar-refractivity contribution in [2.75, 3.05) is 6.26 Å². The minimum atomic E-state index is -4.75. The van der Waals surface area contributed by atoms with Gasteiger partial charge in [-0.3, -0.25) is 9.78 Å². The van der Waals surface area contributed by atoms with Crippen LogP contribution in [0.25, 0.3) is 22.3 Å². The maximum absolute atomic E-state index is 12.6. The zero-order chi connectivity index (χ0) is 25.7. The molecule has 0 aliphatic carbocycles. The molecule has 0 unspecified atom stereocenters. The Morgan fingerprint density at radius 2 is 1.58 bits per heavy atom. The number of rotatable bonds is 7. The van der Waals surface area contributed by atoms with Crippen LogP contribution in [0.15, 0.2) is 90.0 Å². The van der Waals surface area contributed by atoms with Crippen LogP contribution in [0.4, 0.5) is 13.2 Å². The molecule has 0 aliphatic rings. The molecule has 184 valence electrons. The third-order valence-corrected chi connectivity index (χ3v) is 6.39. The zero-order valence-electron chi connectivity index (χ0n) is 19.6. The molecule has 0 atom stereocenters. The number of carbonyl (C=O) groups excluding carboxylic acids is 1. The number of nitrogens with one attached hydrogen (secondary N) is 1. The van der Waals surface area contributed by atoms with Gasteiger partial charge in [-0.15, -0.1) is 24.9 Å². The topological polar surface area (TPSA) is 51.2 Å². The molecule has 4 nitrogen and oxygen atoms in total. The molecular formula is C28H23F3N2O2S. The van der Waals surface area contributed by atoms with E-state index in [1.807, 2.05) is 61.7 Å². The summed E-state index contributed by atoms with van der Waals surface area (Å²) in [5.74, 6) is -0.453. The lowest BCUT2D eigenvalue weighted by atomic mass is 9.99. The van der Waals surface area contributed by atoms with Gasteiger partial charge in [0.05, 0.1) is 12.2 Å². The third-order valence-electron chi connectivity index (χ3n) is 5.51. The lowest BCUT2D eigenvalue weighted by Gasteiger charge is -2.11. The zero-order valence-corrected chi connectivity index (χ0v) is 20.4. The number of nitrogens with zero attached hydrogens (tertiary/aromatic N) is 1. The molecule has 8 heteroatoms. The predicted molar refractivity (Wildman–Crippen MR) is 136 cm³/mol. The van der Waals surface area contributed by atoms with Crippen LogP contribution in [-0.4, -0.2) is 23.5 Å². The number of thioether (sulfide) groups is 1. The van der Waals surface area contributed by atoms with Gasteiger partial charge in [-0.2, -0.15) is 0 Å². The summed E-state index contributed by atoms with van der Waals surface area (Å²) in [6.45, 7) is 2.26. The fourth-order valence-corrected chi connectivity index (χ4v) is 4.37. The summed E-state index contributed by atoms with van der Waals surface area (Å²) in [5.41, 5.74) is 5.48. The monoisotopic (exact) mass is 508 g/mol. The molecule has 1 heterocycles. The van der Waals surface area contributed by atoms with Crippen LogP contribution >= 0.6 is 11.8 Å². The number of aromatic nitrogens is 1. The molecule has 4 rings (SSSR count). The van der Waals surface area contributed by atoms with Crippen LogP contribution in [-0.2, 0) is 6.54 Å². The van der Waals surface area contributed by atoms with Gasteiger partial charge in [0.15, 0.2) is 0 Å². The molecule has 0 aliphatic heterocycles. The van der Waals surface area contributed by atoms with Gasteiger partial charge in [0, 0.05) is 16.7 Å². The summed E-state index contributed by atoms with van der Waals surface area (Å²) >= 11 is 1.59. The van der Waals surface area contributed by atoms with Crippen LogP contribution in [0.5, 0.6) is 5.75 Å². The molecule has 36 heavy (non-hydrogen) atoms. The van der Waals surface area contributed by atoms with E-state index in [9.17, 15) is 18.0 Å². The van der Waals surface area contributed by atoms with Gasteiger partial charge in [0.25, 0.3) is 5.91 Å². The summed E-state index contributed by atoms with van der Waals surface area (Å²) in [7, 11) is 0. The first kappa shape index (κ1) is 25.3. The molecule has 0 fully saturated rings. The number of pyridine rings is 1. The molecule has 0 saturated carbocycles. The van der Waals surface area contributed by atoms with E-state index in [0.29, 0.717) is 16.8 Å². The molecule has 1 aromatic heterocycles. The van der Waals surface area contributed by atoms with Crippen molar-refractivity contribution in [3.63, 3.8) is 0 Å². The van der Waals surface area contributed by atoms with E-state index in [1.165, 1.54) is 18.2 Å². The fraction of sp³-hybridized carbons (Fsp3) is 0.143. The Balaban J connectivity index is 1.50. The SMILES string of the molecule is CSc1cc(C(=O)NCc2cc(-c3cccc(-c4cccc(OC(F)(F)F)c4)c3)ccn2)ccc1C. The van der Waals surface area contributed by atoms with Crippen LogP contribution < -0.4 is 10.1 Å². The Bertz CT molecular complexity index is 1390. The molecule has 1 amide bonds. The number of benzene rings is 3. The minimum absolute atomic E-state index is 0.180. The number of halogens is 3. The molecule has 3 aromatic carbocycles. The van der Waals surface area contributed by atoms with Crippen LogP contribution in [0.2, 0.25) is 0 Å². The quantitative estimate of drug-likeness (QED) is 0.267. The molecule has 0 radical (unpaired) electrons. The van der Waals surface area contributed by atoms with E-state index >= 15 is 0 Å². The number of carbonyl (C=O) groups is 1. The van der Waals surface area contributed by atoms with E-state index in [0.717, 1.165) is 27.1 Å². The first-order valence-electron chi connectivity index (χ1n) is 11.1.